The molecule has 2 N–H and O–H groups in total. The van der Waals surface area contributed by atoms with Crippen molar-refractivity contribution in [3.63, 3.8) is 0 Å². The van der Waals surface area contributed by atoms with E-state index in [0.29, 0.717) is 16.8 Å². The van der Waals surface area contributed by atoms with E-state index in [9.17, 15) is 4.79 Å². The highest BCUT2D eigenvalue weighted by Gasteiger charge is 2.16. The Labute approximate surface area is 169 Å². The van der Waals surface area contributed by atoms with Crippen LogP contribution in [-0.2, 0) is 4.79 Å². The van der Waals surface area contributed by atoms with E-state index in [1.165, 1.54) is 11.8 Å². The zero-order valence-electron chi connectivity index (χ0n) is 15.1. The molecule has 1 amide bonds. The highest BCUT2D eigenvalue weighted by Crippen LogP contribution is 2.27. The smallest absolute Gasteiger partial charge is 0.277 e. The standard InChI is InChI=1S/C21H15N5O2S/c27-18(22-15-10-9-13-5-1-2-6-14(13)11-15)12-29-21-26-25-20(28-21)19-16-7-3-4-8-17(16)23-24-19/h1-11H,12H2,(H,22,27)(H,23,24). The second-order valence-corrected chi connectivity index (χ2v) is 7.32. The molecule has 0 aliphatic rings. The van der Waals surface area contributed by atoms with Crippen molar-refractivity contribution < 1.29 is 9.21 Å². The number of hydrogen-bond acceptors (Lipinski definition) is 6. The van der Waals surface area contributed by atoms with Crippen LogP contribution in [0.25, 0.3) is 33.3 Å². The predicted molar refractivity (Wildman–Crippen MR) is 113 cm³/mol. The van der Waals surface area contributed by atoms with Crippen molar-refractivity contribution in [3.8, 4) is 11.6 Å². The maximum absolute atomic E-state index is 12.3. The number of thioether (sulfide) groups is 1. The number of aromatic amines is 1. The van der Waals surface area contributed by atoms with Gasteiger partial charge in [-0.3, -0.25) is 9.89 Å². The Kier molecular flexibility index (Phi) is 4.45. The predicted octanol–water partition coefficient (Wildman–Crippen LogP) is 4.50. The Hall–Kier alpha value is -3.65. The van der Waals surface area contributed by atoms with Gasteiger partial charge in [0.1, 0.15) is 0 Å². The third kappa shape index (κ3) is 3.57. The van der Waals surface area contributed by atoms with Crippen molar-refractivity contribution in [1.82, 2.24) is 20.4 Å². The zero-order chi connectivity index (χ0) is 19.6. The first-order valence-electron chi connectivity index (χ1n) is 8.95. The lowest BCUT2D eigenvalue weighted by Crippen LogP contribution is -2.13. The third-order valence-electron chi connectivity index (χ3n) is 4.44. The van der Waals surface area contributed by atoms with Gasteiger partial charge in [-0.2, -0.15) is 5.10 Å². The Balaban J connectivity index is 1.25. The summed E-state index contributed by atoms with van der Waals surface area (Å²) < 4.78 is 5.67. The van der Waals surface area contributed by atoms with Crippen molar-refractivity contribution in [2.24, 2.45) is 0 Å². The molecule has 0 saturated heterocycles. The average Bonchev–Trinajstić information content (AvgIpc) is 3.39. The Bertz CT molecular complexity index is 1330. The summed E-state index contributed by atoms with van der Waals surface area (Å²) in [5.74, 6) is 0.339. The molecule has 0 radical (unpaired) electrons. The number of aromatic nitrogens is 4. The molecule has 142 valence electrons. The minimum atomic E-state index is -0.143. The Morgan fingerprint density at radius 1 is 1.00 bits per heavy atom. The summed E-state index contributed by atoms with van der Waals surface area (Å²) in [4.78, 5) is 12.3. The van der Waals surface area contributed by atoms with Crippen LogP contribution in [0.2, 0.25) is 0 Å². The quantitative estimate of drug-likeness (QED) is 0.421. The lowest BCUT2D eigenvalue weighted by Gasteiger charge is -2.05. The van der Waals surface area contributed by atoms with Gasteiger partial charge in [0, 0.05) is 11.1 Å². The summed E-state index contributed by atoms with van der Waals surface area (Å²) in [5.41, 5.74) is 2.24. The molecule has 0 spiro atoms. The number of para-hydroxylation sites is 1. The van der Waals surface area contributed by atoms with Crippen LogP contribution >= 0.6 is 11.8 Å². The summed E-state index contributed by atoms with van der Waals surface area (Å²) in [7, 11) is 0. The molecule has 7 nitrogen and oxygen atoms in total. The van der Waals surface area contributed by atoms with Gasteiger partial charge in [0.2, 0.25) is 5.91 Å². The van der Waals surface area contributed by atoms with E-state index < -0.39 is 0 Å². The SMILES string of the molecule is O=C(CSc1nnc(-c2n[nH]c3ccccc23)o1)Nc1ccc2ccccc2c1. The largest absolute Gasteiger partial charge is 0.409 e. The van der Waals surface area contributed by atoms with Crippen LogP contribution in [0.1, 0.15) is 0 Å². The minimum absolute atomic E-state index is 0.143. The molecule has 2 aromatic heterocycles. The number of benzene rings is 3. The third-order valence-corrected chi connectivity index (χ3v) is 5.26. The molecule has 3 aromatic carbocycles. The number of carbonyl (C=O) groups is 1. The molecule has 0 aliphatic carbocycles. The number of anilines is 1. The molecule has 0 atom stereocenters. The monoisotopic (exact) mass is 401 g/mol. The van der Waals surface area contributed by atoms with Gasteiger partial charge in [-0.15, -0.1) is 10.2 Å². The van der Waals surface area contributed by atoms with E-state index in [2.05, 4.69) is 25.7 Å². The number of carbonyl (C=O) groups excluding carboxylic acids is 1. The fourth-order valence-corrected chi connectivity index (χ4v) is 3.64. The lowest BCUT2D eigenvalue weighted by atomic mass is 10.1. The number of amides is 1. The molecule has 2 heterocycles. The number of rotatable bonds is 5. The molecule has 5 rings (SSSR count). The van der Waals surface area contributed by atoms with Crippen LogP contribution in [-0.4, -0.2) is 32.1 Å². The molecule has 0 saturated carbocycles. The van der Waals surface area contributed by atoms with Crippen LogP contribution in [0.5, 0.6) is 0 Å². The van der Waals surface area contributed by atoms with Gasteiger partial charge < -0.3 is 9.73 Å². The second-order valence-electron chi connectivity index (χ2n) is 6.39. The second kappa shape index (κ2) is 7.40. The molecular formula is C21H15N5O2S. The number of nitrogens with zero attached hydrogens (tertiary/aromatic N) is 3. The number of nitrogens with one attached hydrogen (secondary N) is 2. The molecule has 0 aliphatic heterocycles. The van der Waals surface area contributed by atoms with E-state index >= 15 is 0 Å². The Morgan fingerprint density at radius 3 is 2.76 bits per heavy atom. The summed E-state index contributed by atoms with van der Waals surface area (Å²) in [6.45, 7) is 0. The fourth-order valence-electron chi connectivity index (χ4n) is 3.08. The number of H-pyrrole nitrogens is 1. The van der Waals surface area contributed by atoms with Crippen LogP contribution in [0.15, 0.2) is 76.4 Å². The van der Waals surface area contributed by atoms with Gasteiger partial charge >= 0.3 is 0 Å². The van der Waals surface area contributed by atoms with E-state index in [1.807, 2.05) is 66.7 Å². The molecule has 0 fully saturated rings. The normalized spacial score (nSPS) is 11.2. The zero-order valence-corrected chi connectivity index (χ0v) is 15.9. The lowest BCUT2D eigenvalue weighted by molar-refractivity contribution is -0.113. The molecule has 0 unspecified atom stereocenters. The van der Waals surface area contributed by atoms with Crippen molar-refractivity contribution in [1.29, 1.82) is 0 Å². The highest BCUT2D eigenvalue weighted by molar-refractivity contribution is 7.99. The van der Waals surface area contributed by atoms with Crippen LogP contribution < -0.4 is 5.32 Å². The first kappa shape index (κ1) is 17.4. The summed E-state index contributed by atoms with van der Waals surface area (Å²) >= 11 is 1.18. The first-order chi connectivity index (χ1) is 14.3. The van der Waals surface area contributed by atoms with Crippen molar-refractivity contribution in [2.75, 3.05) is 11.1 Å². The van der Waals surface area contributed by atoms with E-state index in [0.717, 1.165) is 27.4 Å². The first-order valence-corrected chi connectivity index (χ1v) is 9.93. The van der Waals surface area contributed by atoms with Crippen LogP contribution in [0.3, 0.4) is 0 Å². The van der Waals surface area contributed by atoms with E-state index in [1.54, 1.807) is 0 Å². The summed E-state index contributed by atoms with van der Waals surface area (Å²) in [6, 6.07) is 21.5. The summed E-state index contributed by atoms with van der Waals surface area (Å²) in [6.07, 6.45) is 0. The topological polar surface area (TPSA) is 96.7 Å². The van der Waals surface area contributed by atoms with E-state index in [4.69, 9.17) is 4.42 Å². The van der Waals surface area contributed by atoms with Gasteiger partial charge in [0.15, 0.2) is 5.69 Å². The van der Waals surface area contributed by atoms with Gasteiger partial charge in [-0.05, 0) is 29.0 Å². The van der Waals surface area contributed by atoms with Crippen molar-refractivity contribution >= 4 is 45.0 Å². The maximum Gasteiger partial charge on any atom is 0.277 e. The van der Waals surface area contributed by atoms with Gasteiger partial charge in [0.25, 0.3) is 11.1 Å². The fraction of sp³-hybridized carbons (Fsp3) is 0.0476. The Morgan fingerprint density at radius 2 is 1.83 bits per heavy atom. The average molecular weight is 401 g/mol. The van der Waals surface area contributed by atoms with Gasteiger partial charge in [0.05, 0.1) is 11.3 Å². The molecule has 29 heavy (non-hydrogen) atoms. The van der Waals surface area contributed by atoms with Gasteiger partial charge in [-0.1, -0.05) is 60.3 Å². The van der Waals surface area contributed by atoms with E-state index in [-0.39, 0.29) is 11.7 Å². The van der Waals surface area contributed by atoms with Gasteiger partial charge in [-0.25, -0.2) is 0 Å². The molecular weight excluding hydrogens is 386 g/mol. The molecule has 8 heteroatoms. The minimum Gasteiger partial charge on any atom is -0.409 e. The molecule has 0 bridgehead atoms. The summed E-state index contributed by atoms with van der Waals surface area (Å²) in [5, 5.41) is 21.6. The van der Waals surface area contributed by atoms with Crippen LogP contribution in [0.4, 0.5) is 5.69 Å². The maximum atomic E-state index is 12.3. The van der Waals surface area contributed by atoms with Crippen molar-refractivity contribution in [3.05, 3.63) is 66.7 Å². The van der Waals surface area contributed by atoms with Crippen molar-refractivity contribution in [2.45, 2.75) is 5.22 Å². The molecule has 5 aromatic rings. The highest BCUT2D eigenvalue weighted by atomic mass is 32.2. The number of hydrogen-bond donors (Lipinski definition) is 2. The van der Waals surface area contributed by atoms with Crippen LogP contribution in [0, 0.1) is 0 Å². The number of fused-ring (bicyclic) bond motifs is 2.